The maximum Gasteiger partial charge on any atom is 0.260 e. The average molecular weight is 424 g/mol. The Labute approximate surface area is 184 Å². The monoisotopic (exact) mass is 423 g/mol. The predicted molar refractivity (Wildman–Crippen MR) is 119 cm³/mol. The molecule has 2 aliphatic rings. The molecule has 2 aromatic rings. The predicted octanol–water partition coefficient (Wildman–Crippen LogP) is 4.59. The highest BCUT2D eigenvalue weighted by atomic mass is 16.5. The molecule has 4 rings (SSSR count). The summed E-state index contributed by atoms with van der Waals surface area (Å²) in [5.74, 6) is 1.22. The van der Waals surface area contributed by atoms with E-state index in [2.05, 4.69) is 10.5 Å². The molecule has 1 saturated carbocycles. The molecular weight excluding hydrogens is 390 g/mol. The van der Waals surface area contributed by atoms with E-state index >= 15 is 0 Å². The van der Waals surface area contributed by atoms with E-state index in [9.17, 15) is 9.59 Å². The number of aryl methyl sites for hydroxylation is 1. The van der Waals surface area contributed by atoms with Crippen molar-refractivity contribution in [3.63, 3.8) is 0 Å². The van der Waals surface area contributed by atoms with Crippen molar-refractivity contribution in [3.05, 3.63) is 41.7 Å². The lowest BCUT2D eigenvalue weighted by Crippen LogP contribution is -2.59. The molecule has 0 spiro atoms. The van der Waals surface area contributed by atoms with Gasteiger partial charge in [0.15, 0.2) is 0 Å². The number of amides is 2. The Balaban J connectivity index is 1.69. The van der Waals surface area contributed by atoms with Gasteiger partial charge in [-0.3, -0.25) is 9.59 Å². The number of piperidine rings is 1. The van der Waals surface area contributed by atoms with Crippen LogP contribution in [0.3, 0.4) is 0 Å². The van der Waals surface area contributed by atoms with E-state index in [1.165, 1.54) is 12.8 Å². The minimum absolute atomic E-state index is 0.0692. The van der Waals surface area contributed by atoms with Gasteiger partial charge in [-0.05, 0) is 52.4 Å². The van der Waals surface area contributed by atoms with Crippen LogP contribution in [0.1, 0.15) is 69.0 Å². The molecule has 1 aliphatic heterocycles. The van der Waals surface area contributed by atoms with Crippen LogP contribution in [0.4, 0.5) is 0 Å². The Morgan fingerprint density at radius 2 is 1.77 bits per heavy atom. The van der Waals surface area contributed by atoms with Gasteiger partial charge in [0.2, 0.25) is 5.91 Å². The van der Waals surface area contributed by atoms with Gasteiger partial charge < -0.3 is 14.7 Å². The highest BCUT2D eigenvalue weighted by Crippen LogP contribution is 2.40. The van der Waals surface area contributed by atoms with Crippen LogP contribution in [0.5, 0.6) is 0 Å². The Kier molecular flexibility index (Phi) is 5.91. The molecule has 1 aromatic carbocycles. The Hall–Kier alpha value is -2.63. The molecule has 31 heavy (non-hydrogen) atoms. The molecule has 2 heterocycles. The van der Waals surface area contributed by atoms with E-state index in [0.29, 0.717) is 35.4 Å². The third kappa shape index (κ3) is 4.53. The van der Waals surface area contributed by atoms with Gasteiger partial charge in [-0.2, -0.15) is 0 Å². The molecule has 6 heteroatoms. The molecule has 0 radical (unpaired) electrons. The van der Waals surface area contributed by atoms with Gasteiger partial charge in [0, 0.05) is 17.6 Å². The number of hydrogen-bond donors (Lipinski definition) is 1. The summed E-state index contributed by atoms with van der Waals surface area (Å²) < 4.78 is 5.45. The highest BCUT2D eigenvalue weighted by Gasteiger charge is 2.43. The first kappa shape index (κ1) is 21.6. The summed E-state index contributed by atoms with van der Waals surface area (Å²) in [5, 5.41) is 7.29. The van der Waals surface area contributed by atoms with Crippen LogP contribution in [0.2, 0.25) is 0 Å². The normalized spacial score (nSPS) is 23.9. The van der Waals surface area contributed by atoms with Gasteiger partial charge in [0.1, 0.15) is 23.1 Å². The van der Waals surface area contributed by atoms with Crippen molar-refractivity contribution in [2.75, 3.05) is 6.54 Å². The minimum Gasteiger partial charge on any atom is -0.360 e. The maximum atomic E-state index is 13.9. The number of aromatic nitrogens is 1. The fraction of sp³-hybridized carbons (Fsp3) is 0.560. The van der Waals surface area contributed by atoms with Gasteiger partial charge in [0.05, 0.1) is 0 Å². The van der Waals surface area contributed by atoms with Gasteiger partial charge in [-0.15, -0.1) is 0 Å². The summed E-state index contributed by atoms with van der Waals surface area (Å²) in [7, 11) is 0. The van der Waals surface area contributed by atoms with Crippen LogP contribution < -0.4 is 5.32 Å². The molecule has 166 valence electrons. The van der Waals surface area contributed by atoms with Crippen LogP contribution in [0.15, 0.2) is 34.9 Å². The lowest BCUT2D eigenvalue weighted by Gasteiger charge is -2.46. The summed E-state index contributed by atoms with van der Waals surface area (Å²) in [4.78, 5) is 28.9. The number of nitrogens with zero attached hydrogens (tertiary/aromatic N) is 2. The van der Waals surface area contributed by atoms with E-state index in [1.807, 2.05) is 51.1 Å². The third-order valence-electron chi connectivity index (χ3n) is 6.59. The van der Waals surface area contributed by atoms with Crippen LogP contribution in [-0.2, 0) is 4.79 Å². The third-order valence-corrected chi connectivity index (χ3v) is 6.59. The number of rotatable bonds is 3. The van der Waals surface area contributed by atoms with E-state index < -0.39 is 6.04 Å². The molecule has 1 N–H and O–H groups in total. The molecule has 1 aromatic heterocycles. The fourth-order valence-electron chi connectivity index (χ4n) is 5.12. The topological polar surface area (TPSA) is 75.4 Å². The van der Waals surface area contributed by atoms with Crippen molar-refractivity contribution in [2.45, 2.75) is 71.4 Å². The van der Waals surface area contributed by atoms with Crippen molar-refractivity contribution in [1.29, 1.82) is 0 Å². The van der Waals surface area contributed by atoms with Crippen molar-refractivity contribution in [1.82, 2.24) is 15.4 Å². The van der Waals surface area contributed by atoms with Crippen molar-refractivity contribution < 1.29 is 14.1 Å². The second kappa shape index (κ2) is 8.48. The van der Waals surface area contributed by atoms with Gasteiger partial charge in [0.25, 0.3) is 5.91 Å². The molecule has 3 atom stereocenters. The summed E-state index contributed by atoms with van der Waals surface area (Å²) in [6, 6.07) is 9.14. The summed E-state index contributed by atoms with van der Waals surface area (Å²) >= 11 is 0. The second-order valence-electron chi connectivity index (χ2n) is 10.1. The molecule has 1 aliphatic carbocycles. The van der Waals surface area contributed by atoms with Crippen molar-refractivity contribution in [2.24, 2.45) is 11.8 Å². The van der Waals surface area contributed by atoms with E-state index in [4.69, 9.17) is 4.52 Å². The fourth-order valence-corrected chi connectivity index (χ4v) is 5.12. The maximum absolute atomic E-state index is 13.9. The first-order valence-electron chi connectivity index (χ1n) is 11.4. The quantitative estimate of drug-likeness (QED) is 0.784. The van der Waals surface area contributed by atoms with Crippen LogP contribution >= 0.6 is 0 Å². The molecule has 1 saturated heterocycles. The Bertz CT molecular complexity index is 945. The molecule has 2 amide bonds. The number of carbonyl (C=O) groups excluding carboxylic acids is 2. The van der Waals surface area contributed by atoms with Gasteiger partial charge in [-0.1, -0.05) is 54.8 Å². The minimum atomic E-state index is -0.469. The number of carbonyl (C=O) groups is 2. The zero-order chi connectivity index (χ0) is 22.2. The first-order valence-corrected chi connectivity index (χ1v) is 11.4. The SMILES string of the molecule is Cc1onc(-c2ccccc2)c1C(=O)N1CC2CCCCC2CC1C(=O)NC(C)(C)C. The number of benzene rings is 1. The Morgan fingerprint density at radius 1 is 1.10 bits per heavy atom. The van der Waals surface area contributed by atoms with Crippen molar-refractivity contribution >= 4 is 11.8 Å². The van der Waals surface area contributed by atoms with Gasteiger partial charge in [-0.25, -0.2) is 0 Å². The van der Waals surface area contributed by atoms with Crippen LogP contribution in [-0.4, -0.2) is 40.0 Å². The second-order valence-corrected chi connectivity index (χ2v) is 10.1. The zero-order valence-electron chi connectivity index (χ0n) is 19.0. The molecule has 0 bridgehead atoms. The Morgan fingerprint density at radius 3 is 2.45 bits per heavy atom. The summed E-state index contributed by atoms with van der Waals surface area (Å²) in [6.07, 6.45) is 5.41. The number of fused-ring (bicyclic) bond motifs is 1. The lowest BCUT2D eigenvalue weighted by molar-refractivity contribution is -0.130. The molecule has 6 nitrogen and oxygen atoms in total. The number of nitrogens with one attached hydrogen (secondary N) is 1. The smallest absolute Gasteiger partial charge is 0.260 e. The van der Waals surface area contributed by atoms with Crippen molar-refractivity contribution in [3.8, 4) is 11.3 Å². The summed E-state index contributed by atoms with van der Waals surface area (Å²) in [6.45, 7) is 8.30. The van der Waals surface area contributed by atoms with Gasteiger partial charge >= 0.3 is 0 Å². The standard InChI is InChI=1S/C25H33N3O3/c1-16-21(22(27-31-16)17-10-6-5-7-11-17)24(30)28-15-19-13-9-8-12-18(19)14-20(28)23(29)26-25(2,3)4/h5-7,10-11,18-20H,8-9,12-15H2,1-4H3,(H,26,29). The van der Waals surface area contributed by atoms with E-state index in [0.717, 1.165) is 24.8 Å². The zero-order valence-corrected chi connectivity index (χ0v) is 19.0. The molecule has 2 fully saturated rings. The van der Waals surface area contributed by atoms with Crippen LogP contribution in [0.25, 0.3) is 11.3 Å². The number of hydrogen-bond acceptors (Lipinski definition) is 4. The largest absolute Gasteiger partial charge is 0.360 e. The first-order chi connectivity index (χ1) is 14.7. The number of likely N-dealkylation sites (tertiary alicyclic amines) is 1. The highest BCUT2D eigenvalue weighted by molar-refractivity contribution is 6.03. The molecule has 3 unspecified atom stereocenters. The lowest BCUT2D eigenvalue weighted by atomic mass is 9.72. The van der Waals surface area contributed by atoms with E-state index in [1.54, 1.807) is 11.8 Å². The summed E-state index contributed by atoms with van der Waals surface area (Å²) in [5.41, 5.74) is 1.50. The van der Waals surface area contributed by atoms with Crippen LogP contribution in [0, 0.1) is 18.8 Å². The average Bonchev–Trinajstić information content (AvgIpc) is 3.13. The van der Waals surface area contributed by atoms with E-state index in [-0.39, 0.29) is 17.4 Å². The molecular formula is C25H33N3O3.